The highest BCUT2D eigenvalue weighted by atomic mass is 16.5. The maximum atomic E-state index is 10.3. The van der Waals surface area contributed by atoms with Crippen molar-refractivity contribution in [2.75, 3.05) is 6.61 Å². The highest BCUT2D eigenvalue weighted by Gasteiger charge is 2.09. The molecule has 0 aliphatic heterocycles. The maximum absolute atomic E-state index is 10.3. The van der Waals surface area contributed by atoms with Crippen LogP contribution in [0.25, 0.3) is 10.8 Å². The van der Waals surface area contributed by atoms with Gasteiger partial charge < -0.3 is 9.84 Å². The Morgan fingerprint density at radius 2 is 1.66 bits per heavy atom. The van der Waals surface area contributed by atoms with Crippen LogP contribution < -0.4 is 9.30 Å². The molecule has 144 valence electrons. The van der Waals surface area contributed by atoms with Crippen LogP contribution in [-0.4, -0.2) is 11.7 Å². The average Bonchev–Trinajstić information content (AvgIpc) is 2.75. The number of aromatic hydroxyl groups is 1. The lowest BCUT2D eigenvalue weighted by Crippen LogP contribution is -2.33. The fraction of sp³-hybridized carbons (Fsp3) is 0.125. The fourth-order valence-corrected chi connectivity index (χ4v) is 3.20. The number of aromatic nitrogens is 1. The maximum Gasteiger partial charge on any atom is 0.184 e. The lowest BCUT2D eigenvalue weighted by Gasteiger charge is -2.08. The first kappa shape index (κ1) is 18.6. The number of nitrogens with zero attached hydrogens (tertiary/aromatic N) is 3. The molecule has 0 unspecified atom stereocenters. The zero-order chi connectivity index (χ0) is 20.1. The van der Waals surface area contributed by atoms with E-state index in [9.17, 15) is 5.11 Å². The number of para-hydroxylation sites is 1. The average molecular weight is 384 g/mol. The minimum absolute atomic E-state index is 0.0995. The van der Waals surface area contributed by atoms with Crippen molar-refractivity contribution in [3.63, 3.8) is 0 Å². The van der Waals surface area contributed by atoms with Gasteiger partial charge in [-0.1, -0.05) is 48.5 Å². The van der Waals surface area contributed by atoms with Gasteiger partial charge in [-0.25, -0.2) is 4.57 Å². The number of hydrogen-bond acceptors (Lipinski definition) is 4. The molecule has 0 radical (unpaired) electrons. The Labute approximate surface area is 169 Å². The number of pyridine rings is 1. The summed E-state index contributed by atoms with van der Waals surface area (Å²) in [6.07, 6.45) is 2.81. The van der Waals surface area contributed by atoms with E-state index in [2.05, 4.69) is 20.9 Å². The van der Waals surface area contributed by atoms with E-state index in [4.69, 9.17) is 4.74 Å². The molecule has 1 heterocycles. The van der Waals surface area contributed by atoms with Crippen LogP contribution in [0.15, 0.2) is 95.3 Å². The number of aryl methyl sites for hydroxylation is 1. The van der Waals surface area contributed by atoms with Crippen molar-refractivity contribution in [2.24, 2.45) is 17.3 Å². The van der Waals surface area contributed by atoms with Crippen molar-refractivity contribution < 1.29 is 14.4 Å². The van der Waals surface area contributed by atoms with Crippen molar-refractivity contribution in [1.29, 1.82) is 0 Å². The normalized spacial score (nSPS) is 11.2. The Hall–Kier alpha value is -3.73. The number of phenols is 1. The first-order valence-electron chi connectivity index (χ1n) is 9.50. The van der Waals surface area contributed by atoms with Crippen LogP contribution >= 0.6 is 0 Å². The number of rotatable bonds is 6. The summed E-state index contributed by atoms with van der Waals surface area (Å²) in [6.45, 7) is 0.532. The summed E-state index contributed by atoms with van der Waals surface area (Å²) in [5.41, 5.74) is 2.26. The van der Waals surface area contributed by atoms with Gasteiger partial charge in [-0.15, -0.1) is 10.2 Å². The predicted octanol–water partition coefficient (Wildman–Crippen LogP) is 5.41. The smallest absolute Gasteiger partial charge is 0.184 e. The van der Waals surface area contributed by atoms with Gasteiger partial charge in [0.05, 0.1) is 13.0 Å². The van der Waals surface area contributed by atoms with Crippen molar-refractivity contribution in [1.82, 2.24) is 0 Å². The second-order valence-electron chi connectivity index (χ2n) is 6.72. The Bertz CT molecular complexity index is 1170. The number of fused-ring (bicyclic) bond motifs is 1. The van der Waals surface area contributed by atoms with Gasteiger partial charge in [-0.05, 0) is 23.6 Å². The summed E-state index contributed by atoms with van der Waals surface area (Å²) < 4.78 is 8.05. The van der Waals surface area contributed by atoms with Crippen LogP contribution in [0.5, 0.6) is 11.5 Å². The highest BCUT2D eigenvalue weighted by molar-refractivity contribution is 5.95. The van der Waals surface area contributed by atoms with Gasteiger partial charge in [0.15, 0.2) is 11.9 Å². The lowest BCUT2D eigenvalue weighted by molar-refractivity contribution is -0.679. The molecular formula is C24H22N3O2+. The Kier molecular flexibility index (Phi) is 5.47. The van der Waals surface area contributed by atoms with E-state index in [1.807, 2.05) is 80.0 Å². The van der Waals surface area contributed by atoms with Crippen molar-refractivity contribution in [3.05, 3.63) is 90.8 Å². The van der Waals surface area contributed by atoms with Gasteiger partial charge >= 0.3 is 0 Å². The Morgan fingerprint density at radius 3 is 2.55 bits per heavy atom. The van der Waals surface area contributed by atoms with Crippen LogP contribution in [0, 0.1) is 0 Å². The van der Waals surface area contributed by atoms with E-state index in [1.165, 1.54) is 5.69 Å². The summed E-state index contributed by atoms with van der Waals surface area (Å²) in [5.74, 6) is 0.761. The third-order valence-corrected chi connectivity index (χ3v) is 4.78. The second kappa shape index (κ2) is 8.52. The summed E-state index contributed by atoms with van der Waals surface area (Å²) in [4.78, 5) is 0. The van der Waals surface area contributed by atoms with Gasteiger partial charge in [-0.3, -0.25) is 0 Å². The number of phenolic OH excluding ortho intramolecular Hbond substituents is 1. The number of ether oxygens (including phenoxy) is 1. The van der Waals surface area contributed by atoms with Crippen molar-refractivity contribution >= 4 is 22.1 Å². The first-order valence-corrected chi connectivity index (χ1v) is 9.50. The zero-order valence-corrected chi connectivity index (χ0v) is 16.2. The molecule has 0 aliphatic rings. The molecule has 0 aliphatic carbocycles. The number of azo groups is 1. The number of hydrogen-bond donors (Lipinski definition) is 1. The van der Waals surface area contributed by atoms with Crippen LogP contribution in [0.3, 0.4) is 0 Å². The summed E-state index contributed by atoms with van der Waals surface area (Å²) in [5, 5.41) is 20.8. The highest BCUT2D eigenvalue weighted by Crippen LogP contribution is 2.37. The third-order valence-electron chi connectivity index (χ3n) is 4.78. The quantitative estimate of drug-likeness (QED) is 0.357. The van der Waals surface area contributed by atoms with E-state index in [0.29, 0.717) is 23.7 Å². The zero-order valence-electron chi connectivity index (χ0n) is 16.2. The standard InChI is InChI=1S/C24H21N3O2/c1-27-16-7-6-9-19(27)15-17-29-23-12-5-4-11-21(23)25-26-24-20-10-3-2-8-18(20)13-14-22(24)28/h2-14,16H,15,17H2,1H3/p+1. The van der Waals surface area contributed by atoms with Crippen molar-refractivity contribution in [3.8, 4) is 11.5 Å². The molecule has 5 nitrogen and oxygen atoms in total. The van der Waals surface area contributed by atoms with Crippen LogP contribution in [-0.2, 0) is 13.5 Å². The largest absolute Gasteiger partial charge is 0.506 e. The van der Waals surface area contributed by atoms with Crippen molar-refractivity contribution in [2.45, 2.75) is 6.42 Å². The third kappa shape index (κ3) is 4.24. The molecule has 5 heteroatoms. The van der Waals surface area contributed by atoms with Gasteiger partial charge in [0, 0.05) is 17.5 Å². The summed E-state index contributed by atoms with van der Waals surface area (Å²) >= 11 is 0. The monoisotopic (exact) mass is 384 g/mol. The molecule has 0 bridgehead atoms. The van der Waals surface area contributed by atoms with E-state index in [0.717, 1.165) is 17.2 Å². The van der Waals surface area contributed by atoms with E-state index >= 15 is 0 Å². The lowest BCUT2D eigenvalue weighted by atomic mass is 10.1. The van der Waals surface area contributed by atoms with Gasteiger partial charge in [0.1, 0.15) is 29.9 Å². The molecule has 1 N–H and O–H groups in total. The Morgan fingerprint density at radius 1 is 0.862 bits per heavy atom. The molecule has 1 aromatic heterocycles. The Balaban J connectivity index is 1.55. The predicted molar refractivity (Wildman–Crippen MR) is 113 cm³/mol. The molecule has 4 aromatic rings. The molecule has 0 atom stereocenters. The second-order valence-corrected chi connectivity index (χ2v) is 6.72. The summed E-state index contributed by atoms with van der Waals surface area (Å²) in [6, 6.07) is 24.9. The molecule has 3 aromatic carbocycles. The first-order chi connectivity index (χ1) is 14.2. The molecular weight excluding hydrogens is 362 g/mol. The van der Waals surface area contributed by atoms with Crippen LogP contribution in [0.1, 0.15) is 5.69 Å². The molecule has 0 saturated carbocycles. The van der Waals surface area contributed by atoms with Gasteiger partial charge in [0.2, 0.25) is 0 Å². The molecule has 4 rings (SSSR count). The molecule has 29 heavy (non-hydrogen) atoms. The molecule has 0 saturated heterocycles. The van der Waals surface area contributed by atoms with E-state index < -0.39 is 0 Å². The minimum Gasteiger partial charge on any atom is -0.506 e. The molecule has 0 fully saturated rings. The van der Waals surface area contributed by atoms with E-state index in [-0.39, 0.29) is 5.75 Å². The SMILES string of the molecule is C[n+]1ccccc1CCOc1ccccc1N=Nc1c(O)ccc2ccccc12. The van der Waals surface area contributed by atoms with Gasteiger partial charge in [-0.2, -0.15) is 0 Å². The fourth-order valence-electron chi connectivity index (χ4n) is 3.20. The van der Waals surface area contributed by atoms with Crippen LogP contribution in [0.2, 0.25) is 0 Å². The topological polar surface area (TPSA) is 58.1 Å². The van der Waals surface area contributed by atoms with Crippen LogP contribution in [0.4, 0.5) is 11.4 Å². The molecule has 0 amide bonds. The van der Waals surface area contributed by atoms with Gasteiger partial charge in [0.25, 0.3) is 0 Å². The van der Waals surface area contributed by atoms with E-state index in [1.54, 1.807) is 6.07 Å². The molecule has 0 spiro atoms. The summed E-state index contributed by atoms with van der Waals surface area (Å²) in [7, 11) is 2.02. The minimum atomic E-state index is 0.0995. The number of benzene rings is 3.